The molecule has 0 amide bonds. The molecule has 4 heteroatoms. The Hall–Kier alpha value is -0.640. The maximum Gasteiger partial charge on any atom is 0.174 e. The minimum Gasteiger partial charge on any atom is -0.342 e. The molecule has 0 saturated carbocycles. The molecule has 2 N–H and O–H groups in total. The lowest BCUT2D eigenvalue weighted by Crippen LogP contribution is -2.28. The molecule has 1 rings (SSSR count). The first-order valence-corrected chi connectivity index (χ1v) is 4.78. The molecule has 68 valence electrons. The highest BCUT2D eigenvalue weighted by Crippen LogP contribution is 2.02. The number of hydrogen-bond donors (Lipinski definition) is 2. The number of thiocarbonyl (C=S) groups is 1. The van der Waals surface area contributed by atoms with Crippen molar-refractivity contribution in [2.24, 2.45) is 0 Å². The Bertz CT molecular complexity index is 191. The summed E-state index contributed by atoms with van der Waals surface area (Å²) >= 11 is 5.04. The van der Waals surface area contributed by atoms with Crippen LogP contribution in [0.5, 0.6) is 0 Å². The summed E-state index contributed by atoms with van der Waals surface area (Å²) < 4.78 is 0. The average Bonchev–Trinajstić information content (AvgIpc) is 2.31. The van der Waals surface area contributed by atoms with Gasteiger partial charge in [0.25, 0.3) is 0 Å². The number of nitrogens with one attached hydrogen (secondary N) is 2. The van der Waals surface area contributed by atoms with E-state index >= 15 is 0 Å². The largest absolute Gasteiger partial charge is 0.342 e. The van der Waals surface area contributed by atoms with Crippen LogP contribution < -0.4 is 5.32 Å². The topological polar surface area (TPSA) is 39.1 Å². The summed E-state index contributed by atoms with van der Waals surface area (Å²) in [5, 5.41) is 10.9. The van der Waals surface area contributed by atoms with Crippen LogP contribution >= 0.6 is 12.2 Å². The minimum absolute atomic E-state index is 0.525. The lowest BCUT2D eigenvalue weighted by molar-refractivity contribution is 0.465. The zero-order valence-electron chi connectivity index (χ0n) is 7.39. The average molecular weight is 185 g/mol. The molecule has 0 aromatic rings. The first-order valence-electron chi connectivity index (χ1n) is 4.37. The third-order valence-corrected chi connectivity index (χ3v) is 2.29. The second-order valence-corrected chi connectivity index (χ2v) is 3.42. The molecule has 3 nitrogen and oxygen atoms in total. The summed E-state index contributed by atoms with van der Waals surface area (Å²) in [5.74, 6) is 0.525. The normalized spacial score (nSPS) is 16.9. The lowest BCUT2D eigenvalue weighted by Gasteiger charge is -2.14. The molecule has 0 aromatic carbocycles. The van der Waals surface area contributed by atoms with Crippen LogP contribution in [-0.4, -0.2) is 28.9 Å². The van der Waals surface area contributed by atoms with Gasteiger partial charge in [0.2, 0.25) is 0 Å². The maximum absolute atomic E-state index is 7.35. The molecule has 0 spiro atoms. The van der Waals surface area contributed by atoms with E-state index in [4.69, 9.17) is 17.6 Å². The Morgan fingerprint density at radius 3 is 2.83 bits per heavy atom. The Morgan fingerprint density at radius 1 is 1.58 bits per heavy atom. The quantitative estimate of drug-likeness (QED) is 0.513. The van der Waals surface area contributed by atoms with Crippen molar-refractivity contribution < 1.29 is 0 Å². The van der Waals surface area contributed by atoms with E-state index in [-0.39, 0.29) is 0 Å². The fourth-order valence-electron chi connectivity index (χ4n) is 1.24. The molecule has 0 bridgehead atoms. The predicted octanol–water partition coefficient (Wildman–Crippen LogP) is 1.34. The van der Waals surface area contributed by atoms with E-state index in [0.29, 0.717) is 12.4 Å². The molecule has 1 saturated heterocycles. The Morgan fingerprint density at radius 2 is 2.33 bits per heavy atom. The van der Waals surface area contributed by atoms with Crippen LogP contribution in [0.2, 0.25) is 0 Å². The first kappa shape index (κ1) is 9.45. The summed E-state index contributed by atoms with van der Waals surface area (Å²) in [6, 6.07) is 0. The van der Waals surface area contributed by atoms with Crippen molar-refractivity contribution in [3.05, 3.63) is 0 Å². The van der Waals surface area contributed by atoms with Gasteiger partial charge in [-0.05, 0) is 18.6 Å². The van der Waals surface area contributed by atoms with E-state index in [1.807, 2.05) is 4.90 Å². The van der Waals surface area contributed by atoms with Gasteiger partial charge in [0.1, 0.15) is 5.84 Å². The molecule has 1 aliphatic heterocycles. The van der Waals surface area contributed by atoms with Crippen LogP contribution in [0, 0.1) is 5.41 Å². The molecule has 0 aromatic heterocycles. The first-order chi connectivity index (χ1) is 5.74. The van der Waals surface area contributed by atoms with Crippen LogP contribution in [0.15, 0.2) is 0 Å². The zero-order valence-corrected chi connectivity index (χ0v) is 8.21. The highest BCUT2D eigenvalue weighted by Gasteiger charge is 2.19. The van der Waals surface area contributed by atoms with Gasteiger partial charge in [-0.3, -0.25) is 5.41 Å². The van der Waals surface area contributed by atoms with Gasteiger partial charge in [-0.1, -0.05) is 19.8 Å². The van der Waals surface area contributed by atoms with E-state index in [1.54, 1.807) is 0 Å². The number of hydrogen-bond acceptors (Lipinski definition) is 2. The van der Waals surface area contributed by atoms with Gasteiger partial charge in [-0.15, -0.1) is 0 Å². The fraction of sp³-hybridized carbons (Fsp3) is 0.750. The van der Waals surface area contributed by atoms with Crippen LogP contribution in [0.25, 0.3) is 0 Å². The van der Waals surface area contributed by atoms with Crippen molar-refractivity contribution in [1.29, 1.82) is 5.41 Å². The monoisotopic (exact) mass is 185 g/mol. The number of unbranched alkanes of at least 4 members (excludes halogenated alkanes) is 2. The summed E-state index contributed by atoms with van der Waals surface area (Å²) in [7, 11) is 0. The van der Waals surface area contributed by atoms with Gasteiger partial charge in [-0.25, -0.2) is 0 Å². The Balaban J connectivity index is 2.24. The second-order valence-electron chi connectivity index (χ2n) is 3.04. The van der Waals surface area contributed by atoms with Gasteiger partial charge in [-0.2, -0.15) is 0 Å². The Kier molecular flexibility index (Phi) is 3.47. The molecule has 12 heavy (non-hydrogen) atoms. The van der Waals surface area contributed by atoms with Crippen LogP contribution in [0.1, 0.15) is 26.2 Å². The van der Waals surface area contributed by atoms with E-state index in [9.17, 15) is 0 Å². The number of nitrogens with zero attached hydrogens (tertiary/aromatic N) is 1. The van der Waals surface area contributed by atoms with Crippen LogP contribution in [0.3, 0.4) is 0 Å². The van der Waals surface area contributed by atoms with Gasteiger partial charge >= 0.3 is 0 Å². The maximum atomic E-state index is 7.35. The molecular weight excluding hydrogens is 170 g/mol. The molecule has 0 unspecified atom stereocenters. The highest BCUT2D eigenvalue weighted by molar-refractivity contribution is 7.80. The van der Waals surface area contributed by atoms with E-state index in [2.05, 4.69) is 12.2 Å². The van der Waals surface area contributed by atoms with Gasteiger partial charge in [0.05, 0.1) is 6.54 Å². The Labute approximate surface area is 78.6 Å². The van der Waals surface area contributed by atoms with Crippen LogP contribution in [-0.2, 0) is 0 Å². The molecule has 1 aliphatic rings. The van der Waals surface area contributed by atoms with Crippen molar-refractivity contribution in [2.75, 3.05) is 13.1 Å². The summed E-state index contributed by atoms with van der Waals surface area (Å²) in [6.45, 7) is 3.84. The van der Waals surface area contributed by atoms with E-state index in [0.717, 1.165) is 11.7 Å². The number of amidine groups is 1. The summed E-state index contributed by atoms with van der Waals surface area (Å²) in [5.41, 5.74) is 0. The van der Waals surface area contributed by atoms with Gasteiger partial charge in [0.15, 0.2) is 5.11 Å². The third-order valence-electron chi connectivity index (χ3n) is 1.93. The smallest absolute Gasteiger partial charge is 0.174 e. The second kappa shape index (κ2) is 4.40. The zero-order chi connectivity index (χ0) is 8.97. The molecule has 0 aliphatic carbocycles. The summed E-state index contributed by atoms with van der Waals surface area (Å²) in [4.78, 5) is 2.05. The van der Waals surface area contributed by atoms with Crippen molar-refractivity contribution in [3.8, 4) is 0 Å². The van der Waals surface area contributed by atoms with Crippen molar-refractivity contribution in [2.45, 2.75) is 26.2 Å². The van der Waals surface area contributed by atoms with Crippen LogP contribution in [0.4, 0.5) is 0 Å². The van der Waals surface area contributed by atoms with Crippen molar-refractivity contribution in [1.82, 2.24) is 10.2 Å². The third kappa shape index (κ3) is 2.44. The molecule has 0 radical (unpaired) electrons. The standard InChI is InChI=1S/C8H15N3S/c1-2-3-4-5-11-6-7(9)10-8(11)12/h2-6H2,1H3,(H2,9,10,12). The van der Waals surface area contributed by atoms with Gasteiger partial charge < -0.3 is 10.2 Å². The SMILES string of the molecule is CCCCCN1CC(=N)NC1=S. The van der Waals surface area contributed by atoms with E-state index < -0.39 is 0 Å². The van der Waals surface area contributed by atoms with Crippen molar-refractivity contribution >= 4 is 23.2 Å². The summed E-state index contributed by atoms with van der Waals surface area (Å²) in [6.07, 6.45) is 3.64. The highest BCUT2D eigenvalue weighted by atomic mass is 32.1. The molecular formula is C8H15N3S. The minimum atomic E-state index is 0.525. The fourth-order valence-corrected chi connectivity index (χ4v) is 1.52. The van der Waals surface area contributed by atoms with Gasteiger partial charge in [0, 0.05) is 6.54 Å². The number of rotatable bonds is 4. The lowest BCUT2D eigenvalue weighted by atomic mass is 10.2. The molecule has 1 fully saturated rings. The van der Waals surface area contributed by atoms with E-state index in [1.165, 1.54) is 19.3 Å². The molecule has 1 heterocycles. The van der Waals surface area contributed by atoms with Crippen molar-refractivity contribution in [3.63, 3.8) is 0 Å². The molecule has 0 atom stereocenters. The predicted molar refractivity (Wildman–Crippen MR) is 54.6 cm³/mol.